The molecule has 0 spiro atoms. The Morgan fingerprint density at radius 3 is 2.27 bits per heavy atom. The fourth-order valence-electron chi connectivity index (χ4n) is 2.38. The van der Waals surface area contributed by atoms with Gasteiger partial charge < -0.3 is 15.4 Å². The molecule has 0 aromatic heterocycles. The van der Waals surface area contributed by atoms with E-state index in [1.807, 2.05) is 71.0 Å². The first-order chi connectivity index (χ1) is 12.4. The number of nitrogens with one attached hydrogen (secondary N) is 2. The molecular weight excluding hydrogens is 328 g/mol. The summed E-state index contributed by atoms with van der Waals surface area (Å²) in [5, 5.41) is 5.54. The van der Waals surface area contributed by atoms with E-state index in [1.54, 1.807) is 0 Å². The molecule has 1 aliphatic heterocycles. The molecule has 2 N–H and O–H groups in total. The van der Waals surface area contributed by atoms with Gasteiger partial charge in [-0.3, -0.25) is 9.59 Å². The molecule has 0 aliphatic carbocycles. The minimum Gasteiger partial charge on any atom is -0.482 e. The highest BCUT2D eigenvalue weighted by Gasteiger charge is 2.14. The molecule has 2 amide bonds. The lowest BCUT2D eigenvalue weighted by Gasteiger charge is -2.17. The van der Waals surface area contributed by atoms with Gasteiger partial charge in [0.05, 0.1) is 5.69 Å². The van der Waals surface area contributed by atoms with E-state index < -0.39 is 0 Å². The summed E-state index contributed by atoms with van der Waals surface area (Å²) in [6, 6.07) is 11.7. The third kappa shape index (κ3) is 6.24. The van der Waals surface area contributed by atoms with Gasteiger partial charge in [0.1, 0.15) is 5.75 Å². The molecule has 0 fully saturated rings. The molecule has 26 heavy (non-hydrogen) atoms. The molecule has 2 aromatic rings. The van der Waals surface area contributed by atoms with Gasteiger partial charge in [-0.2, -0.15) is 0 Å². The van der Waals surface area contributed by atoms with E-state index in [0.29, 0.717) is 0 Å². The Kier molecular flexibility index (Phi) is 8.35. The fourth-order valence-corrected chi connectivity index (χ4v) is 2.38. The predicted octanol–water partition coefficient (Wildman–Crippen LogP) is 4.61. The minimum absolute atomic E-state index is 0.0209. The van der Waals surface area contributed by atoms with Crippen LogP contribution in [0.15, 0.2) is 36.4 Å². The van der Waals surface area contributed by atoms with Crippen LogP contribution < -0.4 is 15.4 Å². The van der Waals surface area contributed by atoms with Crippen LogP contribution in [0.3, 0.4) is 0 Å². The van der Waals surface area contributed by atoms with Gasteiger partial charge in [0, 0.05) is 12.6 Å². The Labute approximate surface area is 155 Å². The van der Waals surface area contributed by atoms with Crippen molar-refractivity contribution in [3.05, 3.63) is 53.1 Å². The maximum atomic E-state index is 10.9. The number of anilines is 2. The number of rotatable bonds is 1. The summed E-state index contributed by atoms with van der Waals surface area (Å²) < 4.78 is 5.18. The van der Waals surface area contributed by atoms with E-state index >= 15 is 0 Å². The zero-order valence-electron chi connectivity index (χ0n) is 16.4. The van der Waals surface area contributed by atoms with Crippen molar-refractivity contribution in [2.45, 2.75) is 41.5 Å². The Balaban J connectivity index is 0.000000238. The van der Waals surface area contributed by atoms with Crippen LogP contribution in [0.5, 0.6) is 5.75 Å². The molecule has 140 valence electrons. The molecule has 0 saturated heterocycles. The van der Waals surface area contributed by atoms with Crippen molar-refractivity contribution in [2.75, 3.05) is 17.2 Å². The monoisotopic (exact) mass is 356 g/mol. The van der Waals surface area contributed by atoms with E-state index in [-0.39, 0.29) is 18.4 Å². The van der Waals surface area contributed by atoms with E-state index in [1.165, 1.54) is 6.92 Å². The van der Waals surface area contributed by atoms with Crippen LogP contribution >= 0.6 is 0 Å². The van der Waals surface area contributed by atoms with Gasteiger partial charge in [0.15, 0.2) is 6.61 Å². The molecule has 3 rings (SSSR count). The highest BCUT2D eigenvalue weighted by atomic mass is 16.5. The largest absolute Gasteiger partial charge is 0.482 e. The van der Waals surface area contributed by atoms with Crippen molar-refractivity contribution in [1.82, 2.24) is 0 Å². The first-order valence-electron chi connectivity index (χ1n) is 8.74. The van der Waals surface area contributed by atoms with Crippen LogP contribution in [0, 0.1) is 20.8 Å². The van der Waals surface area contributed by atoms with Gasteiger partial charge in [0.25, 0.3) is 5.91 Å². The van der Waals surface area contributed by atoms with Gasteiger partial charge >= 0.3 is 0 Å². The molecule has 0 saturated carbocycles. The summed E-state index contributed by atoms with van der Waals surface area (Å²) in [4.78, 5) is 21.7. The number of hydrogen-bond acceptors (Lipinski definition) is 3. The lowest BCUT2D eigenvalue weighted by Crippen LogP contribution is -2.25. The van der Waals surface area contributed by atoms with E-state index in [9.17, 15) is 9.59 Å². The summed E-state index contributed by atoms with van der Waals surface area (Å²) >= 11 is 0. The van der Waals surface area contributed by atoms with Crippen molar-refractivity contribution >= 4 is 23.2 Å². The van der Waals surface area contributed by atoms with E-state index in [2.05, 4.69) is 10.6 Å². The number of carbonyl (C=O) groups excluding carboxylic acids is 2. The zero-order chi connectivity index (χ0) is 19.7. The Hall–Kier alpha value is -2.82. The Morgan fingerprint density at radius 1 is 1.08 bits per heavy atom. The average molecular weight is 356 g/mol. The fraction of sp³-hybridized carbons (Fsp3) is 0.333. The molecule has 5 heteroatoms. The third-order valence-corrected chi connectivity index (χ3v) is 3.55. The second-order valence-corrected chi connectivity index (χ2v) is 5.78. The number of fused-ring (bicyclic) bond motifs is 1. The van der Waals surface area contributed by atoms with Crippen molar-refractivity contribution < 1.29 is 14.3 Å². The predicted molar refractivity (Wildman–Crippen MR) is 107 cm³/mol. The standard InChI is InChI=1S/C10H13NO.C9H9NO2.C2H6/c1-7-5-4-6-8(2)10(7)11-9(3)12;1-6-2-3-8-7(4-6)10-9(11)5-12-8;1-2/h4-6H,1-3H3,(H,11,12);2-4H,5H2,1H3,(H,10,11);1-2H3. The van der Waals surface area contributed by atoms with Crippen molar-refractivity contribution in [3.63, 3.8) is 0 Å². The number of aryl methyl sites for hydroxylation is 3. The lowest BCUT2D eigenvalue weighted by atomic mass is 10.1. The summed E-state index contributed by atoms with van der Waals surface area (Å²) in [5.74, 6) is 0.640. The third-order valence-electron chi connectivity index (χ3n) is 3.55. The van der Waals surface area contributed by atoms with Gasteiger partial charge in [-0.05, 0) is 49.6 Å². The Morgan fingerprint density at radius 2 is 1.69 bits per heavy atom. The topological polar surface area (TPSA) is 67.4 Å². The van der Waals surface area contributed by atoms with Crippen molar-refractivity contribution in [3.8, 4) is 5.75 Å². The summed E-state index contributed by atoms with van der Waals surface area (Å²) in [6.07, 6.45) is 0. The molecule has 1 heterocycles. The number of ether oxygens (including phenoxy) is 1. The van der Waals surface area contributed by atoms with Crippen LogP contribution in [0.4, 0.5) is 11.4 Å². The first-order valence-corrected chi connectivity index (χ1v) is 8.74. The second kappa shape index (κ2) is 10.2. The van der Waals surface area contributed by atoms with Crippen LogP contribution in [-0.4, -0.2) is 18.4 Å². The van der Waals surface area contributed by atoms with E-state index in [0.717, 1.165) is 33.8 Å². The molecule has 0 atom stereocenters. The SMILES string of the molecule is CC.CC(=O)Nc1c(C)cccc1C.Cc1ccc2c(c1)NC(=O)CO2. The number of carbonyl (C=O) groups is 2. The molecular formula is C21H28N2O3. The van der Waals surface area contributed by atoms with Crippen LogP contribution in [0.2, 0.25) is 0 Å². The van der Waals surface area contributed by atoms with E-state index in [4.69, 9.17) is 4.74 Å². The van der Waals surface area contributed by atoms with Crippen molar-refractivity contribution in [2.24, 2.45) is 0 Å². The summed E-state index contributed by atoms with van der Waals surface area (Å²) in [7, 11) is 0. The van der Waals surface area contributed by atoms with Gasteiger partial charge in [-0.1, -0.05) is 38.1 Å². The second-order valence-electron chi connectivity index (χ2n) is 5.78. The minimum atomic E-state index is -0.0897. The maximum absolute atomic E-state index is 10.9. The highest BCUT2D eigenvalue weighted by Crippen LogP contribution is 2.27. The number of para-hydroxylation sites is 1. The van der Waals surface area contributed by atoms with Gasteiger partial charge in [0.2, 0.25) is 5.91 Å². The summed E-state index contributed by atoms with van der Waals surface area (Å²) in [6.45, 7) is 11.6. The summed E-state index contributed by atoms with van der Waals surface area (Å²) in [5.41, 5.74) is 5.02. The first kappa shape index (κ1) is 21.2. The molecule has 5 nitrogen and oxygen atoms in total. The quantitative estimate of drug-likeness (QED) is 0.784. The molecule has 0 unspecified atom stereocenters. The van der Waals surface area contributed by atoms with Crippen LogP contribution in [0.1, 0.15) is 37.5 Å². The molecule has 0 bridgehead atoms. The highest BCUT2D eigenvalue weighted by molar-refractivity contribution is 5.95. The molecule has 2 aromatic carbocycles. The van der Waals surface area contributed by atoms with Crippen LogP contribution in [0.25, 0.3) is 0 Å². The molecule has 1 aliphatic rings. The Bertz CT molecular complexity index is 750. The number of amides is 2. The van der Waals surface area contributed by atoms with Gasteiger partial charge in [-0.25, -0.2) is 0 Å². The normalized spacial score (nSPS) is 11.4. The lowest BCUT2D eigenvalue weighted by molar-refractivity contribution is -0.118. The smallest absolute Gasteiger partial charge is 0.262 e. The van der Waals surface area contributed by atoms with Crippen LogP contribution in [-0.2, 0) is 9.59 Å². The molecule has 0 radical (unpaired) electrons. The average Bonchev–Trinajstić information content (AvgIpc) is 2.60. The maximum Gasteiger partial charge on any atom is 0.262 e. The van der Waals surface area contributed by atoms with Gasteiger partial charge in [-0.15, -0.1) is 0 Å². The zero-order valence-corrected chi connectivity index (χ0v) is 16.4. The number of benzene rings is 2. The van der Waals surface area contributed by atoms with Crippen molar-refractivity contribution in [1.29, 1.82) is 0 Å². The number of hydrogen-bond donors (Lipinski definition) is 2.